The smallest absolute Gasteiger partial charge is 0.341 e. The van der Waals surface area contributed by atoms with E-state index in [1.54, 1.807) is 13.8 Å². The third kappa shape index (κ3) is 2.69. The van der Waals surface area contributed by atoms with E-state index in [0.29, 0.717) is 27.5 Å². The molecule has 0 aliphatic heterocycles. The Bertz CT molecular complexity index is 696. The van der Waals surface area contributed by atoms with Crippen molar-refractivity contribution >= 4 is 28.2 Å². The van der Waals surface area contributed by atoms with Crippen LogP contribution in [0, 0.1) is 27.7 Å². The molecule has 0 aliphatic carbocycles. The molecule has 0 aliphatic rings. The molecule has 2 N–H and O–H groups in total. The van der Waals surface area contributed by atoms with E-state index in [9.17, 15) is 9.59 Å². The van der Waals surface area contributed by atoms with Crippen molar-refractivity contribution in [2.45, 2.75) is 27.7 Å². The zero-order valence-electron chi connectivity index (χ0n) is 12.6. The maximum absolute atomic E-state index is 12.4. The average molecular weight is 307 g/mol. The van der Waals surface area contributed by atoms with Crippen molar-refractivity contribution in [1.29, 1.82) is 0 Å². The number of aromatic amines is 1. The molecule has 0 saturated heterocycles. The van der Waals surface area contributed by atoms with Gasteiger partial charge in [0.2, 0.25) is 0 Å². The molecule has 21 heavy (non-hydrogen) atoms. The Morgan fingerprint density at radius 3 is 2.38 bits per heavy atom. The number of aryl methyl sites for hydroxylation is 3. The van der Waals surface area contributed by atoms with Crippen molar-refractivity contribution in [3.05, 3.63) is 33.0 Å². The first-order valence-electron chi connectivity index (χ1n) is 6.38. The van der Waals surface area contributed by atoms with Gasteiger partial charge in [-0.2, -0.15) is 5.10 Å². The van der Waals surface area contributed by atoms with E-state index < -0.39 is 5.97 Å². The monoisotopic (exact) mass is 307 g/mol. The number of ether oxygens (including phenoxy) is 1. The molecule has 0 bridgehead atoms. The summed E-state index contributed by atoms with van der Waals surface area (Å²) in [6.07, 6.45) is 0. The number of carbonyl (C=O) groups is 2. The Balaban J connectivity index is 2.38. The number of carbonyl (C=O) groups excluding carboxylic acids is 2. The first kappa shape index (κ1) is 15.2. The van der Waals surface area contributed by atoms with Crippen LogP contribution in [0.2, 0.25) is 0 Å². The number of H-pyrrole nitrogens is 1. The Morgan fingerprint density at radius 1 is 1.19 bits per heavy atom. The first-order chi connectivity index (χ1) is 9.86. The van der Waals surface area contributed by atoms with Crippen LogP contribution >= 0.6 is 11.3 Å². The van der Waals surface area contributed by atoms with Crippen LogP contribution in [0.1, 0.15) is 42.5 Å². The number of anilines is 1. The Morgan fingerprint density at radius 2 is 1.86 bits per heavy atom. The fraction of sp³-hybridized carbons (Fsp3) is 0.357. The molecule has 0 spiro atoms. The summed E-state index contributed by atoms with van der Waals surface area (Å²) in [5.74, 6) is -0.738. The maximum Gasteiger partial charge on any atom is 0.341 e. The predicted molar refractivity (Wildman–Crippen MR) is 81.1 cm³/mol. The number of amides is 1. The Labute approximate surface area is 126 Å². The van der Waals surface area contributed by atoms with Crippen molar-refractivity contribution in [2.24, 2.45) is 0 Å². The Kier molecular flexibility index (Phi) is 4.13. The second kappa shape index (κ2) is 5.69. The van der Waals surface area contributed by atoms with Crippen LogP contribution in [0.5, 0.6) is 0 Å². The quantitative estimate of drug-likeness (QED) is 0.854. The van der Waals surface area contributed by atoms with Crippen LogP contribution < -0.4 is 5.32 Å². The molecule has 112 valence electrons. The lowest BCUT2D eigenvalue weighted by Crippen LogP contribution is -2.15. The van der Waals surface area contributed by atoms with E-state index in [4.69, 9.17) is 4.74 Å². The van der Waals surface area contributed by atoms with E-state index in [0.717, 1.165) is 10.4 Å². The minimum Gasteiger partial charge on any atom is -0.465 e. The lowest BCUT2D eigenvalue weighted by atomic mass is 10.1. The molecule has 0 atom stereocenters. The fourth-order valence-corrected chi connectivity index (χ4v) is 3.16. The van der Waals surface area contributed by atoms with Gasteiger partial charge in [-0.05, 0) is 33.3 Å². The predicted octanol–water partition coefficient (Wildman–Crippen LogP) is 2.74. The lowest BCUT2D eigenvalue weighted by Gasteiger charge is -2.06. The van der Waals surface area contributed by atoms with E-state index >= 15 is 0 Å². The standard InChI is InChI=1S/C14H17N3O3S/c1-6-9(4)21-13(10(6)14(19)20-5)15-12(18)11-7(2)16-17-8(11)3/h1-5H3,(H,15,18)(H,16,17). The number of nitrogens with one attached hydrogen (secondary N) is 2. The summed E-state index contributed by atoms with van der Waals surface area (Å²) in [5, 5.41) is 10.1. The van der Waals surface area contributed by atoms with Gasteiger partial charge in [-0.25, -0.2) is 4.79 Å². The highest BCUT2D eigenvalue weighted by Crippen LogP contribution is 2.33. The third-order valence-electron chi connectivity index (χ3n) is 3.36. The van der Waals surface area contributed by atoms with Crippen molar-refractivity contribution in [2.75, 3.05) is 12.4 Å². The van der Waals surface area contributed by atoms with Crippen molar-refractivity contribution < 1.29 is 14.3 Å². The molecule has 2 aromatic rings. The molecule has 0 unspecified atom stereocenters. The van der Waals surface area contributed by atoms with Crippen LogP contribution in [-0.2, 0) is 4.74 Å². The number of aromatic nitrogens is 2. The van der Waals surface area contributed by atoms with Crippen LogP contribution in [-0.4, -0.2) is 29.2 Å². The molecular weight excluding hydrogens is 290 g/mol. The number of esters is 1. The van der Waals surface area contributed by atoms with Gasteiger partial charge in [0.25, 0.3) is 5.91 Å². The first-order valence-corrected chi connectivity index (χ1v) is 7.19. The molecule has 2 aromatic heterocycles. The highest BCUT2D eigenvalue weighted by molar-refractivity contribution is 7.16. The summed E-state index contributed by atoms with van der Waals surface area (Å²) >= 11 is 1.36. The van der Waals surface area contributed by atoms with Gasteiger partial charge in [0, 0.05) is 10.6 Å². The number of thiophene rings is 1. The number of nitrogens with zero attached hydrogens (tertiary/aromatic N) is 1. The minimum absolute atomic E-state index is 0.287. The molecule has 0 aromatic carbocycles. The second-order valence-electron chi connectivity index (χ2n) is 4.74. The number of hydrogen-bond donors (Lipinski definition) is 2. The number of rotatable bonds is 3. The van der Waals surface area contributed by atoms with E-state index in [1.165, 1.54) is 18.4 Å². The summed E-state index contributed by atoms with van der Waals surface area (Å²) in [6.45, 7) is 7.27. The van der Waals surface area contributed by atoms with E-state index in [-0.39, 0.29) is 5.91 Å². The van der Waals surface area contributed by atoms with Gasteiger partial charge < -0.3 is 10.1 Å². The summed E-state index contributed by atoms with van der Waals surface area (Å²) in [4.78, 5) is 25.2. The highest BCUT2D eigenvalue weighted by Gasteiger charge is 2.23. The number of hydrogen-bond acceptors (Lipinski definition) is 5. The highest BCUT2D eigenvalue weighted by atomic mass is 32.1. The molecule has 7 heteroatoms. The van der Waals surface area contributed by atoms with Crippen LogP contribution in [0.15, 0.2) is 0 Å². The summed E-state index contributed by atoms with van der Waals surface area (Å²) in [5.41, 5.74) is 3.04. The largest absolute Gasteiger partial charge is 0.465 e. The summed E-state index contributed by atoms with van der Waals surface area (Å²) in [6, 6.07) is 0. The molecule has 6 nitrogen and oxygen atoms in total. The minimum atomic E-state index is -0.451. The molecule has 2 heterocycles. The van der Waals surface area contributed by atoms with Gasteiger partial charge >= 0.3 is 5.97 Å². The molecule has 1 amide bonds. The summed E-state index contributed by atoms with van der Waals surface area (Å²) < 4.78 is 4.79. The second-order valence-corrected chi connectivity index (χ2v) is 5.97. The van der Waals surface area contributed by atoms with E-state index in [2.05, 4.69) is 15.5 Å². The van der Waals surface area contributed by atoms with Crippen molar-refractivity contribution in [3.8, 4) is 0 Å². The van der Waals surface area contributed by atoms with Gasteiger partial charge in [-0.15, -0.1) is 11.3 Å². The van der Waals surface area contributed by atoms with Crippen LogP contribution in [0.3, 0.4) is 0 Å². The summed E-state index contributed by atoms with van der Waals surface area (Å²) in [7, 11) is 1.32. The topological polar surface area (TPSA) is 84.1 Å². The average Bonchev–Trinajstić information content (AvgIpc) is 2.90. The third-order valence-corrected chi connectivity index (χ3v) is 4.48. The molecule has 0 saturated carbocycles. The SMILES string of the molecule is COC(=O)c1c(NC(=O)c2c(C)n[nH]c2C)sc(C)c1C. The zero-order chi connectivity index (χ0) is 15.7. The zero-order valence-corrected chi connectivity index (χ0v) is 13.4. The fourth-order valence-electron chi connectivity index (χ4n) is 2.11. The van der Waals surface area contributed by atoms with Crippen molar-refractivity contribution in [1.82, 2.24) is 10.2 Å². The van der Waals surface area contributed by atoms with Crippen molar-refractivity contribution in [3.63, 3.8) is 0 Å². The number of methoxy groups -OCH3 is 1. The normalized spacial score (nSPS) is 10.5. The van der Waals surface area contributed by atoms with Gasteiger partial charge in [0.05, 0.1) is 23.9 Å². The van der Waals surface area contributed by atoms with Gasteiger partial charge in [0.15, 0.2) is 0 Å². The van der Waals surface area contributed by atoms with Crippen LogP contribution in [0.4, 0.5) is 5.00 Å². The maximum atomic E-state index is 12.4. The van der Waals surface area contributed by atoms with E-state index in [1.807, 2.05) is 13.8 Å². The van der Waals surface area contributed by atoms with Gasteiger partial charge in [-0.3, -0.25) is 9.89 Å². The van der Waals surface area contributed by atoms with Gasteiger partial charge in [0.1, 0.15) is 5.00 Å². The molecule has 0 fully saturated rings. The molecule has 2 rings (SSSR count). The molecule has 0 radical (unpaired) electrons. The lowest BCUT2D eigenvalue weighted by molar-refractivity contribution is 0.0601. The molecular formula is C14H17N3O3S. The van der Waals surface area contributed by atoms with Crippen LogP contribution in [0.25, 0.3) is 0 Å². The van der Waals surface area contributed by atoms with Gasteiger partial charge in [-0.1, -0.05) is 0 Å². The Hall–Kier alpha value is -2.15.